The highest BCUT2D eigenvalue weighted by molar-refractivity contribution is 7.89. The first-order valence-corrected chi connectivity index (χ1v) is 10.3. The Kier molecular flexibility index (Phi) is 5.90. The predicted molar refractivity (Wildman–Crippen MR) is 102 cm³/mol. The fraction of sp³-hybridized carbons (Fsp3) is 0.444. The van der Waals surface area contributed by atoms with Gasteiger partial charge < -0.3 is 14.8 Å². The maximum Gasteiger partial charge on any atom is 0.243 e. The van der Waals surface area contributed by atoms with Crippen molar-refractivity contribution in [2.75, 3.05) is 26.8 Å². The molecule has 3 rings (SSSR count). The minimum Gasteiger partial charge on any atom is -0.490 e. The Balaban J connectivity index is 1.65. The number of sulfonamides is 1. The van der Waals surface area contributed by atoms with Crippen molar-refractivity contribution in [1.29, 1.82) is 0 Å². The van der Waals surface area contributed by atoms with Gasteiger partial charge in [-0.2, -0.15) is 9.40 Å². The molecule has 1 aliphatic rings. The van der Waals surface area contributed by atoms with Crippen LogP contribution in [0.4, 0.5) is 0 Å². The monoisotopic (exact) mass is 408 g/mol. The zero-order valence-corrected chi connectivity index (χ0v) is 17.0. The highest BCUT2D eigenvalue weighted by Crippen LogP contribution is 2.32. The van der Waals surface area contributed by atoms with Crippen LogP contribution < -0.4 is 14.8 Å². The smallest absolute Gasteiger partial charge is 0.243 e. The summed E-state index contributed by atoms with van der Waals surface area (Å²) in [4.78, 5) is 12.3. The van der Waals surface area contributed by atoms with Crippen molar-refractivity contribution in [3.05, 3.63) is 35.7 Å². The topological polar surface area (TPSA) is 103 Å². The van der Waals surface area contributed by atoms with E-state index < -0.39 is 15.9 Å². The Morgan fingerprint density at radius 1 is 1.29 bits per heavy atom. The van der Waals surface area contributed by atoms with E-state index >= 15 is 0 Å². The highest BCUT2D eigenvalue weighted by atomic mass is 32.2. The van der Waals surface area contributed by atoms with E-state index in [1.54, 1.807) is 16.9 Å². The van der Waals surface area contributed by atoms with Crippen molar-refractivity contribution in [3.63, 3.8) is 0 Å². The van der Waals surface area contributed by atoms with Gasteiger partial charge in [0.05, 0.1) is 30.9 Å². The third kappa shape index (κ3) is 4.28. The Bertz CT molecular complexity index is 970. The molecule has 0 atom stereocenters. The molecule has 2 aromatic rings. The van der Waals surface area contributed by atoms with Crippen LogP contribution >= 0.6 is 0 Å². The van der Waals surface area contributed by atoms with Crippen LogP contribution in [0, 0.1) is 6.92 Å². The van der Waals surface area contributed by atoms with Gasteiger partial charge in [-0.1, -0.05) is 0 Å². The molecule has 152 valence electrons. The average molecular weight is 408 g/mol. The summed E-state index contributed by atoms with van der Waals surface area (Å²) >= 11 is 0. The van der Waals surface area contributed by atoms with Crippen molar-refractivity contribution in [3.8, 4) is 11.5 Å². The minimum atomic E-state index is -3.85. The number of fused-ring (bicyclic) bond motifs is 1. The van der Waals surface area contributed by atoms with Crippen LogP contribution in [-0.2, 0) is 28.4 Å². The summed E-state index contributed by atoms with van der Waals surface area (Å²) in [5.74, 6) is 0.510. The molecule has 0 spiro atoms. The third-order valence-corrected chi connectivity index (χ3v) is 6.41. The molecule has 0 fully saturated rings. The van der Waals surface area contributed by atoms with Crippen LogP contribution in [0.5, 0.6) is 11.5 Å². The molecule has 28 heavy (non-hydrogen) atoms. The first kappa shape index (κ1) is 20.2. The molecule has 0 radical (unpaired) electrons. The zero-order chi connectivity index (χ0) is 20.3. The average Bonchev–Trinajstić information content (AvgIpc) is 2.86. The third-order valence-electron chi connectivity index (χ3n) is 4.61. The SMILES string of the molecule is Cc1c(CNC(=O)CN(C)S(=O)(=O)c2ccc3c(c2)OCCCO3)cnn1C. The molecular weight excluding hydrogens is 384 g/mol. The molecule has 0 aliphatic carbocycles. The number of nitrogens with zero attached hydrogens (tertiary/aromatic N) is 3. The van der Waals surface area contributed by atoms with E-state index in [-0.39, 0.29) is 18.0 Å². The molecule has 2 heterocycles. The van der Waals surface area contributed by atoms with Crippen molar-refractivity contribution >= 4 is 15.9 Å². The van der Waals surface area contributed by atoms with Crippen LogP contribution in [0.25, 0.3) is 0 Å². The van der Waals surface area contributed by atoms with E-state index in [2.05, 4.69) is 10.4 Å². The number of amides is 1. The number of likely N-dealkylation sites (N-methyl/N-ethyl adjacent to an activating group) is 1. The van der Waals surface area contributed by atoms with Gasteiger partial charge in [-0.25, -0.2) is 8.42 Å². The molecule has 1 aliphatic heterocycles. The minimum absolute atomic E-state index is 0.0511. The van der Waals surface area contributed by atoms with E-state index in [1.165, 1.54) is 19.2 Å². The van der Waals surface area contributed by atoms with Crippen molar-refractivity contribution < 1.29 is 22.7 Å². The first-order chi connectivity index (χ1) is 13.3. The lowest BCUT2D eigenvalue weighted by Crippen LogP contribution is -2.38. The summed E-state index contributed by atoms with van der Waals surface area (Å²) in [6.07, 6.45) is 2.40. The van der Waals surface area contributed by atoms with Crippen molar-refractivity contribution in [2.45, 2.75) is 24.8 Å². The van der Waals surface area contributed by atoms with E-state index in [9.17, 15) is 13.2 Å². The highest BCUT2D eigenvalue weighted by Gasteiger charge is 2.25. The van der Waals surface area contributed by atoms with Gasteiger partial charge in [0.25, 0.3) is 0 Å². The number of aryl methyl sites for hydroxylation is 1. The number of carbonyl (C=O) groups is 1. The number of hydrogen-bond donors (Lipinski definition) is 1. The van der Waals surface area contributed by atoms with Gasteiger partial charge >= 0.3 is 0 Å². The molecule has 9 nitrogen and oxygen atoms in total. The molecule has 1 amide bonds. The Morgan fingerprint density at radius 3 is 2.68 bits per heavy atom. The number of benzene rings is 1. The van der Waals surface area contributed by atoms with E-state index in [0.717, 1.165) is 22.0 Å². The molecule has 1 N–H and O–H groups in total. The molecule has 0 unspecified atom stereocenters. The summed E-state index contributed by atoms with van der Waals surface area (Å²) in [6.45, 7) is 2.87. The lowest BCUT2D eigenvalue weighted by Gasteiger charge is -2.18. The van der Waals surface area contributed by atoms with Gasteiger partial charge in [0, 0.05) is 44.4 Å². The summed E-state index contributed by atoms with van der Waals surface area (Å²) in [7, 11) is -0.662. The van der Waals surface area contributed by atoms with Gasteiger partial charge in [0.15, 0.2) is 11.5 Å². The Labute approximate surface area is 164 Å². The van der Waals surface area contributed by atoms with Crippen molar-refractivity contribution in [2.24, 2.45) is 7.05 Å². The largest absolute Gasteiger partial charge is 0.490 e. The maximum atomic E-state index is 12.8. The normalized spacial score (nSPS) is 14.0. The van der Waals surface area contributed by atoms with Crippen molar-refractivity contribution in [1.82, 2.24) is 19.4 Å². The lowest BCUT2D eigenvalue weighted by atomic mass is 10.2. The number of carbonyl (C=O) groups excluding carboxylic acids is 1. The van der Waals surface area contributed by atoms with E-state index in [0.29, 0.717) is 24.7 Å². The summed E-state index contributed by atoms with van der Waals surface area (Å²) < 4.78 is 39.4. The van der Waals surface area contributed by atoms with Crippen LogP contribution in [-0.4, -0.2) is 55.2 Å². The summed E-state index contributed by atoms with van der Waals surface area (Å²) in [5.41, 5.74) is 1.82. The standard InChI is InChI=1S/C18H24N4O5S/c1-13-14(11-20-22(13)3)10-19-18(23)12-21(2)28(24,25)15-5-6-16-17(9-15)27-8-4-7-26-16/h5-6,9,11H,4,7-8,10,12H2,1-3H3,(H,19,23). The van der Waals surface area contributed by atoms with Crippen LogP contribution in [0.3, 0.4) is 0 Å². The molecule has 10 heteroatoms. The van der Waals surface area contributed by atoms with Crippen LogP contribution in [0.1, 0.15) is 17.7 Å². The molecule has 1 aromatic heterocycles. The molecule has 0 saturated carbocycles. The van der Waals surface area contributed by atoms with Gasteiger partial charge in [0.1, 0.15) is 0 Å². The quantitative estimate of drug-likeness (QED) is 0.759. The van der Waals surface area contributed by atoms with E-state index in [1.807, 2.05) is 14.0 Å². The van der Waals surface area contributed by atoms with Crippen LogP contribution in [0.2, 0.25) is 0 Å². The number of hydrogen-bond acceptors (Lipinski definition) is 6. The second kappa shape index (κ2) is 8.19. The van der Waals surface area contributed by atoms with Gasteiger partial charge in [0.2, 0.25) is 15.9 Å². The molecule has 1 aromatic carbocycles. The summed E-state index contributed by atoms with van der Waals surface area (Å²) in [6, 6.07) is 4.46. The second-order valence-corrected chi connectivity index (χ2v) is 8.62. The number of rotatable bonds is 6. The lowest BCUT2D eigenvalue weighted by molar-refractivity contribution is -0.121. The number of aromatic nitrogens is 2. The molecular formula is C18H24N4O5S. The van der Waals surface area contributed by atoms with E-state index in [4.69, 9.17) is 9.47 Å². The van der Waals surface area contributed by atoms with Crippen LogP contribution in [0.15, 0.2) is 29.3 Å². The number of nitrogens with one attached hydrogen (secondary N) is 1. The fourth-order valence-corrected chi connectivity index (χ4v) is 3.88. The zero-order valence-electron chi connectivity index (χ0n) is 16.1. The summed E-state index contributed by atoms with van der Waals surface area (Å²) in [5, 5.41) is 6.84. The fourth-order valence-electron chi connectivity index (χ4n) is 2.74. The van der Waals surface area contributed by atoms with Gasteiger partial charge in [-0.15, -0.1) is 0 Å². The maximum absolute atomic E-state index is 12.8. The molecule has 0 bridgehead atoms. The first-order valence-electron chi connectivity index (χ1n) is 8.89. The second-order valence-electron chi connectivity index (χ2n) is 6.58. The van der Waals surface area contributed by atoms with Gasteiger partial charge in [-0.05, 0) is 19.1 Å². The van der Waals surface area contributed by atoms with Gasteiger partial charge in [-0.3, -0.25) is 9.48 Å². The number of ether oxygens (including phenoxy) is 2. The molecule has 0 saturated heterocycles. The Hall–Kier alpha value is -2.59. The predicted octanol–water partition coefficient (Wildman–Crippen LogP) is 0.827. The Morgan fingerprint density at radius 2 is 2.00 bits per heavy atom.